The number of rotatable bonds is 5. The average Bonchev–Trinajstić information content (AvgIpc) is 2.81. The lowest BCUT2D eigenvalue weighted by atomic mass is 10.1. The highest BCUT2D eigenvalue weighted by molar-refractivity contribution is 6.34. The Morgan fingerprint density at radius 2 is 2.05 bits per heavy atom. The van der Waals surface area contributed by atoms with Crippen LogP contribution >= 0.6 is 11.6 Å². The number of hydrogen-bond donors (Lipinski definition) is 0. The molecule has 2 rings (SSSR count). The maximum absolute atomic E-state index is 12.3. The number of nitrogens with zero attached hydrogens (tertiary/aromatic N) is 2. The zero-order valence-corrected chi connectivity index (χ0v) is 11.9. The number of carbonyl (C=O) groups excluding carboxylic acids is 1. The van der Waals surface area contributed by atoms with Crippen molar-refractivity contribution >= 4 is 17.4 Å². The van der Waals surface area contributed by atoms with Crippen molar-refractivity contribution in [2.75, 3.05) is 0 Å². The standard InChI is InChI=1S/C15H17ClN2O/c1-3-11-9-12(18(4-2)17-11)10-15(19)13-7-5-6-8-14(13)16/h5-9H,3-4,10H2,1-2H3. The second-order valence-electron chi connectivity index (χ2n) is 4.38. The van der Waals surface area contributed by atoms with Gasteiger partial charge in [-0.3, -0.25) is 9.48 Å². The summed E-state index contributed by atoms with van der Waals surface area (Å²) in [5.41, 5.74) is 2.54. The van der Waals surface area contributed by atoms with E-state index in [1.807, 2.05) is 29.8 Å². The van der Waals surface area contributed by atoms with Gasteiger partial charge in [-0.1, -0.05) is 30.7 Å². The summed E-state index contributed by atoms with van der Waals surface area (Å²) in [7, 11) is 0. The van der Waals surface area contributed by atoms with Crippen LogP contribution in [0.15, 0.2) is 30.3 Å². The Hall–Kier alpha value is -1.61. The minimum absolute atomic E-state index is 0.0304. The Balaban J connectivity index is 2.24. The predicted molar refractivity (Wildman–Crippen MR) is 76.8 cm³/mol. The van der Waals surface area contributed by atoms with Crippen LogP contribution in [0.4, 0.5) is 0 Å². The molecule has 2 aromatic rings. The van der Waals surface area contributed by atoms with Gasteiger partial charge in [-0.2, -0.15) is 5.10 Å². The van der Waals surface area contributed by atoms with Crippen molar-refractivity contribution in [3.05, 3.63) is 52.3 Å². The van der Waals surface area contributed by atoms with Gasteiger partial charge in [0.05, 0.1) is 17.1 Å². The Bertz CT molecular complexity index is 590. The van der Waals surface area contributed by atoms with Crippen molar-refractivity contribution in [2.24, 2.45) is 0 Å². The predicted octanol–water partition coefficient (Wildman–Crippen LogP) is 3.54. The minimum Gasteiger partial charge on any atom is -0.294 e. The molecule has 0 saturated carbocycles. The van der Waals surface area contributed by atoms with Crippen molar-refractivity contribution < 1.29 is 4.79 Å². The van der Waals surface area contributed by atoms with Crippen LogP contribution in [-0.4, -0.2) is 15.6 Å². The molecule has 4 heteroatoms. The third-order valence-corrected chi connectivity index (χ3v) is 3.42. The summed E-state index contributed by atoms with van der Waals surface area (Å²) in [6.45, 7) is 4.85. The second kappa shape index (κ2) is 6.02. The number of aromatic nitrogens is 2. The van der Waals surface area contributed by atoms with E-state index in [4.69, 9.17) is 11.6 Å². The Morgan fingerprint density at radius 3 is 2.68 bits per heavy atom. The highest BCUT2D eigenvalue weighted by Gasteiger charge is 2.14. The van der Waals surface area contributed by atoms with Crippen LogP contribution in [0.1, 0.15) is 35.6 Å². The molecule has 0 bridgehead atoms. The molecule has 0 radical (unpaired) electrons. The molecule has 0 unspecified atom stereocenters. The van der Waals surface area contributed by atoms with Gasteiger partial charge < -0.3 is 0 Å². The van der Waals surface area contributed by atoms with E-state index in [1.165, 1.54) is 0 Å². The molecule has 1 aromatic carbocycles. The fourth-order valence-corrected chi connectivity index (χ4v) is 2.29. The fourth-order valence-electron chi connectivity index (χ4n) is 2.05. The molecule has 19 heavy (non-hydrogen) atoms. The van der Waals surface area contributed by atoms with Gasteiger partial charge in [0.2, 0.25) is 0 Å². The van der Waals surface area contributed by atoms with Crippen molar-refractivity contribution in [1.82, 2.24) is 9.78 Å². The topological polar surface area (TPSA) is 34.9 Å². The quantitative estimate of drug-likeness (QED) is 0.783. The third-order valence-electron chi connectivity index (χ3n) is 3.09. The zero-order chi connectivity index (χ0) is 13.8. The molecule has 0 atom stereocenters. The van der Waals surface area contributed by atoms with Crippen LogP contribution in [0, 0.1) is 0 Å². The van der Waals surface area contributed by atoms with Gasteiger partial charge in [0.25, 0.3) is 0 Å². The monoisotopic (exact) mass is 276 g/mol. The van der Waals surface area contributed by atoms with Crippen molar-refractivity contribution in [1.29, 1.82) is 0 Å². The maximum Gasteiger partial charge on any atom is 0.170 e. The molecule has 3 nitrogen and oxygen atoms in total. The number of benzene rings is 1. The van der Waals surface area contributed by atoms with E-state index in [0.717, 1.165) is 24.4 Å². The second-order valence-corrected chi connectivity index (χ2v) is 4.78. The summed E-state index contributed by atoms with van der Waals surface area (Å²) in [5, 5.41) is 4.95. The summed E-state index contributed by atoms with van der Waals surface area (Å²) in [5.74, 6) is 0.0304. The van der Waals surface area contributed by atoms with E-state index in [0.29, 0.717) is 17.0 Å². The van der Waals surface area contributed by atoms with Gasteiger partial charge in [0.1, 0.15) is 0 Å². The van der Waals surface area contributed by atoms with Gasteiger partial charge in [0, 0.05) is 17.8 Å². The van der Waals surface area contributed by atoms with Gasteiger partial charge in [-0.15, -0.1) is 0 Å². The van der Waals surface area contributed by atoms with E-state index in [-0.39, 0.29) is 5.78 Å². The molecular formula is C15H17ClN2O. The molecular weight excluding hydrogens is 260 g/mol. The molecule has 0 N–H and O–H groups in total. The highest BCUT2D eigenvalue weighted by atomic mass is 35.5. The molecule has 0 saturated heterocycles. The first-order chi connectivity index (χ1) is 9.15. The van der Waals surface area contributed by atoms with E-state index >= 15 is 0 Å². The van der Waals surface area contributed by atoms with Crippen LogP contribution < -0.4 is 0 Å². The molecule has 0 aliphatic heterocycles. The number of aryl methyl sites for hydroxylation is 2. The summed E-state index contributed by atoms with van der Waals surface area (Å²) in [4.78, 5) is 12.3. The minimum atomic E-state index is 0.0304. The lowest BCUT2D eigenvalue weighted by molar-refractivity contribution is 0.0990. The lowest BCUT2D eigenvalue weighted by Gasteiger charge is -2.05. The molecule has 0 aliphatic rings. The molecule has 1 aromatic heterocycles. The van der Waals surface area contributed by atoms with Gasteiger partial charge in [-0.25, -0.2) is 0 Å². The lowest BCUT2D eigenvalue weighted by Crippen LogP contribution is -2.10. The normalized spacial score (nSPS) is 10.7. The number of hydrogen-bond acceptors (Lipinski definition) is 2. The summed E-state index contributed by atoms with van der Waals surface area (Å²) >= 11 is 6.05. The number of carbonyl (C=O) groups is 1. The maximum atomic E-state index is 12.3. The van der Waals surface area contributed by atoms with E-state index < -0.39 is 0 Å². The highest BCUT2D eigenvalue weighted by Crippen LogP contribution is 2.18. The Morgan fingerprint density at radius 1 is 1.32 bits per heavy atom. The van der Waals surface area contributed by atoms with E-state index in [2.05, 4.69) is 12.0 Å². The summed E-state index contributed by atoms with van der Waals surface area (Å²) in [6.07, 6.45) is 1.21. The number of ketones is 1. The average molecular weight is 277 g/mol. The molecule has 0 aliphatic carbocycles. The smallest absolute Gasteiger partial charge is 0.170 e. The van der Waals surface area contributed by atoms with Crippen LogP contribution in [0.25, 0.3) is 0 Å². The summed E-state index contributed by atoms with van der Waals surface area (Å²) in [6, 6.07) is 9.15. The molecule has 0 amide bonds. The van der Waals surface area contributed by atoms with Crippen molar-refractivity contribution in [2.45, 2.75) is 33.2 Å². The first-order valence-electron chi connectivity index (χ1n) is 6.49. The van der Waals surface area contributed by atoms with Crippen molar-refractivity contribution in [3.63, 3.8) is 0 Å². The molecule has 0 fully saturated rings. The van der Waals surface area contributed by atoms with Crippen LogP contribution in [0.2, 0.25) is 5.02 Å². The van der Waals surface area contributed by atoms with Crippen LogP contribution in [0.3, 0.4) is 0 Å². The zero-order valence-electron chi connectivity index (χ0n) is 11.2. The molecule has 1 heterocycles. The molecule has 100 valence electrons. The van der Waals surface area contributed by atoms with E-state index in [9.17, 15) is 4.79 Å². The number of halogens is 1. The Kier molecular flexibility index (Phi) is 4.38. The third kappa shape index (κ3) is 3.04. The Labute approximate surface area is 118 Å². The van der Waals surface area contributed by atoms with Crippen LogP contribution in [0.5, 0.6) is 0 Å². The van der Waals surface area contributed by atoms with Crippen LogP contribution in [-0.2, 0) is 19.4 Å². The largest absolute Gasteiger partial charge is 0.294 e. The first kappa shape index (κ1) is 13.8. The number of Topliss-reactive ketones (excluding diaryl/α,β-unsaturated/α-hetero) is 1. The van der Waals surface area contributed by atoms with E-state index in [1.54, 1.807) is 12.1 Å². The van der Waals surface area contributed by atoms with Crippen molar-refractivity contribution in [3.8, 4) is 0 Å². The SMILES string of the molecule is CCc1cc(CC(=O)c2ccccc2Cl)n(CC)n1. The van der Waals surface area contributed by atoms with Gasteiger partial charge in [-0.05, 0) is 31.5 Å². The summed E-state index contributed by atoms with van der Waals surface area (Å²) < 4.78 is 1.88. The van der Waals surface area contributed by atoms with Gasteiger partial charge in [0.15, 0.2) is 5.78 Å². The van der Waals surface area contributed by atoms with Gasteiger partial charge >= 0.3 is 0 Å². The first-order valence-corrected chi connectivity index (χ1v) is 6.86. The molecule has 0 spiro atoms. The fraction of sp³-hybridized carbons (Fsp3) is 0.333.